The molecule has 3 rings (SSSR count). The van der Waals surface area contributed by atoms with Crippen molar-refractivity contribution in [2.75, 3.05) is 39.9 Å². The van der Waals surface area contributed by atoms with Crippen LogP contribution in [0.5, 0.6) is 0 Å². The Labute approximate surface area is 172 Å². The molecule has 1 aliphatic heterocycles. The molecule has 2 aromatic rings. The third kappa shape index (κ3) is 7.51. The van der Waals surface area contributed by atoms with Crippen LogP contribution in [0.1, 0.15) is 24.2 Å². The maximum absolute atomic E-state index is 13.1. The van der Waals surface area contributed by atoms with Crippen LogP contribution in [0.3, 0.4) is 0 Å². The molecular weight excluding hydrogens is 371 g/mol. The van der Waals surface area contributed by atoms with Gasteiger partial charge in [0.05, 0.1) is 19.4 Å². The lowest BCUT2D eigenvalue weighted by Gasteiger charge is -2.33. The normalized spacial score (nSPS) is 16.1. The molecule has 29 heavy (non-hydrogen) atoms. The average Bonchev–Trinajstić information content (AvgIpc) is 3.25. The van der Waals surface area contributed by atoms with E-state index in [2.05, 4.69) is 20.5 Å². The highest BCUT2D eigenvalue weighted by molar-refractivity contribution is 5.80. The predicted molar refractivity (Wildman–Crippen MR) is 112 cm³/mol. The summed E-state index contributed by atoms with van der Waals surface area (Å²) in [5.41, 5.74) is 1.15. The number of likely N-dealkylation sites (tertiary alicyclic amines) is 1. The lowest BCUT2D eigenvalue weighted by atomic mass is 10.0. The number of methoxy groups -OCH3 is 1. The minimum absolute atomic E-state index is 0.184. The van der Waals surface area contributed by atoms with Gasteiger partial charge in [0.2, 0.25) is 0 Å². The number of benzene rings is 1. The molecule has 6 nitrogen and oxygen atoms in total. The Morgan fingerprint density at radius 3 is 2.72 bits per heavy atom. The van der Waals surface area contributed by atoms with Crippen LogP contribution in [-0.4, -0.2) is 56.8 Å². The zero-order valence-electron chi connectivity index (χ0n) is 17.1. The van der Waals surface area contributed by atoms with Gasteiger partial charge in [0.15, 0.2) is 5.96 Å². The maximum atomic E-state index is 13.1. The maximum Gasteiger partial charge on any atom is 0.191 e. The molecule has 1 aromatic carbocycles. The number of furan rings is 1. The molecule has 1 aromatic heterocycles. The Balaban J connectivity index is 1.43. The summed E-state index contributed by atoms with van der Waals surface area (Å²) < 4.78 is 23.6. The Bertz CT molecular complexity index is 726. The third-order valence-electron chi connectivity index (χ3n) is 5.06. The van der Waals surface area contributed by atoms with E-state index in [0.29, 0.717) is 19.2 Å². The second-order valence-corrected chi connectivity index (χ2v) is 7.30. The Morgan fingerprint density at radius 2 is 2.03 bits per heavy atom. The fourth-order valence-electron chi connectivity index (χ4n) is 3.44. The highest BCUT2D eigenvalue weighted by atomic mass is 19.1. The highest BCUT2D eigenvalue weighted by Gasteiger charge is 2.20. The quantitative estimate of drug-likeness (QED) is 0.384. The van der Waals surface area contributed by atoms with Crippen molar-refractivity contribution in [2.24, 2.45) is 4.99 Å². The predicted octanol–water partition coefficient (Wildman–Crippen LogP) is 2.81. The van der Waals surface area contributed by atoms with E-state index < -0.39 is 0 Å². The molecule has 0 unspecified atom stereocenters. The number of hydrogen-bond acceptors (Lipinski definition) is 4. The second kappa shape index (κ2) is 11.6. The zero-order chi connectivity index (χ0) is 20.3. The zero-order valence-corrected chi connectivity index (χ0v) is 17.1. The molecule has 1 fully saturated rings. The van der Waals surface area contributed by atoms with Crippen LogP contribution >= 0.6 is 0 Å². The van der Waals surface area contributed by atoms with Gasteiger partial charge in [-0.1, -0.05) is 12.1 Å². The summed E-state index contributed by atoms with van der Waals surface area (Å²) in [4.78, 5) is 7.03. The van der Waals surface area contributed by atoms with Crippen molar-refractivity contribution >= 4 is 5.96 Å². The lowest BCUT2D eigenvalue weighted by Crippen LogP contribution is -2.49. The summed E-state index contributed by atoms with van der Waals surface area (Å²) in [5, 5.41) is 6.96. The number of ether oxygens (including phenoxy) is 1. The Kier molecular flexibility index (Phi) is 8.52. The van der Waals surface area contributed by atoms with E-state index in [-0.39, 0.29) is 5.82 Å². The van der Waals surface area contributed by atoms with Gasteiger partial charge < -0.3 is 19.8 Å². The molecule has 0 atom stereocenters. The van der Waals surface area contributed by atoms with E-state index in [1.165, 1.54) is 12.1 Å². The molecule has 1 saturated heterocycles. The summed E-state index contributed by atoms with van der Waals surface area (Å²) in [6.07, 6.45) is 4.60. The van der Waals surface area contributed by atoms with Crippen molar-refractivity contribution in [3.8, 4) is 0 Å². The number of aliphatic imine (C=N–C) groups is 1. The molecule has 2 N–H and O–H groups in total. The van der Waals surface area contributed by atoms with E-state index in [0.717, 1.165) is 62.7 Å². The van der Waals surface area contributed by atoms with Crippen LogP contribution in [-0.2, 0) is 17.7 Å². The van der Waals surface area contributed by atoms with E-state index in [1.54, 1.807) is 13.4 Å². The van der Waals surface area contributed by atoms with E-state index >= 15 is 0 Å². The number of halogens is 1. The molecule has 0 bridgehead atoms. The van der Waals surface area contributed by atoms with Crippen LogP contribution in [0.2, 0.25) is 0 Å². The number of rotatable bonds is 9. The van der Waals surface area contributed by atoms with Crippen LogP contribution in [0.15, 0.2) is 52.1 Å². The molecule has 0 saturated carbocycles. The van der Waals surface area contributed by atoms with Crippen LogP contribution in [0.4, 0.5) is 4.39 Å². The van der Waals surface area contributed by atoms with E-state index in [1.807, 2.05) is 24.3 Å². The van der Waals surface area contributed by atoms with Crippen molar-refractivity contribution in [1.82, 2.24) is 15.5 Å². The van der Waals surface area contributed by atoms with Crippen LogP contribution < -0.4 is 10.6 Å². The summed E-state index contributed by atoms with van der Waals surface area (Å²) in [5.74, 6) is 1.60. The van der Waals surface area contributed by atoms with Gasteiger partial charge in [-0.15, -0.1) is 0 Å². The topological polar surface area (TPSA) is 62.0 Å². The van der Waals surface area contributed by atoms with Gasteiger partial charge in [0, 0.05) is 45.8 Å². The number of piperidine rings is 1. The molecular formula is C22H31FN4O2. The first-order valence-electron chi connectivity index (χ1n) is 10.3. The third-order valence-corrected chi connectivity index (χ3v) is 5.06. The van der Waals surface area contributed by atoms with Crippen LogP contribution in [0.25, 0.3) is 0 Å². The SMILES string of the molecule is COCCN=C(NCCc1ccco1)NC1CCN(Cc2ccc(F)cc2)CC1. The molecule has 7 heteroatoms. The second-order valence-electron chi connectivity index (χ2n) is 7.30. The highest BCUT2D eigenvalue weighted by Crippen LogP contribution is 2.14. The number of guanidine groups is 1. The number of nitrogens with one attached hydrogen (secondary N) is 2. The van der Waals surface area contributed by atoms with Gasteiger partial charge in [-0.05, 0) is 42.7 Å². The first-order valence-corrected chi connectivity index (χ1v) is 10.3. The van der Waals surface area contributed by atoms with E-state index in [9.17, 15) is 4.39 Å². The fraction of sp³-hybridized carbons (Fsp3) is 0.500. The molecule has 0 amide bonds. The smallest absolute Gasteiger partial charge is 0.191 e. The van der Waals surface area contributed by atoms with Gasteiger partial charge in [-0.3, -0.25) is 9.89 Å². The first kappa shape index (κ1) is 21.3. The summed E-state index contributed by atoms with van der Waals surface area (Å²) >= 11 is 0. The Hall–Kier alpha value is -2.38. The van der Waals surface area contributed by atoms with Crippen LogP contribution in [0, 0.1) is 5.82 Å². The summed E-state index contributed by atoms with van der Waals surface area (Å²) in [7, 11) is 1.68. The fourth-order valence-corrected chi connectivity index (χ4v) is 3.44. The molecule has 0 aliphatic carbocycles. The van der Waals surface area contributed by atoms with Crippen molar-refractivity contribution in [1.29, 1.82) is 0 Å². The Morgan fingerprint density at radius 1 is 1.24 bits per heavy atom. The average molecular weight is 403 g/mol. The van der Waals surface area contributed by atoms with Gasteiger partial charge in [0.1, 0.15) is 11.6 Å². The van der Waals surface area contributed by atoms with E-state index in [4.69, 9.17) is 9.15 Å². The first-order chi connectivity index (χ1) is 14.2. The standard InChI is InChI=1S/C22H31FN4O2/c1-28-16-12-25-22(24-11-8-21-3-2-15-29-21)26-20-9-13-27(14-10-20)17-18-4-6-19(23)7-5-18/h2-7,15,20H,8-14,16-17H2,1H3,(H2,24,25,26). The lowest BCUT2D eigenvalue weighted by molar-refractivity contribution is 0.198. The minimum Gasteiger partial charge on any atom is -0.469 e. The molecule has 1 aliphatic rings. The number of nitrogens with zero attached hydrogens (tertiary/aromatic N) is 2. The largest absolute Gasteiger partial charge is 0.469 e. The minimum atomic E-state index is -0.184. The summed E-state index contributed by atoms with van der Waals surface area (Å²) in [6.45, 7) is 4.86. The molecule has 0 radical (unpaired) electrons. The van der Waals surface area contributed by atoms with Gasteiger partial charge in [-0.25, -0.2) is 4.39 Å². The van der Waals surface area contributed by atoms with Crippen molar-refractivity contribution in [3.05, 3.63) is 59.8 Å². The number of hydrogen-bond donors (Lipinski definition) is 2. The van der Waals surface area contributed by atoms with Gasteiger partial charge in [-0.2, -0.15) is 0 Å². The molecule has 2 heterocycles. The van der Waals surface area contributed by atoms with Gasteiger partial charge in [0.25, 0.3) is 0 Å². The van der Waals surface area contributed by atoms with Crippen molar-refractivity contribution < 1.29 is 13.5 Å². The van der Waals surface area contributed by atoms with Crippen molar-refractivity contribution in [2.45, 2.75) is 31.8 Å². The molecule has 0 spiro atoms. The summed E-state index contributed by atoms with van der Waals surface area (Å²) in [6, 6.07) is 11.1. The monoisotopic (exact) mass is 402 g/mol. The van der Waals surface area contributed by atoms with Gasteiger partial charge >= 0.3 is 0 Å². The molecule has 158 valence electrons. The van der Waals surface area contributed by atoms with Crippen molar-refractivity contribution in [3.63, 3.8) is 0 Å².